The Balaban J connectivity index is 0. The summed E-state index contributed by atoms with van der Waals surface area (Å²) in [5.74, 6) is 0. The summed E-state index contributed by atoms with van der Waals surface area (Å²) in [7, 11) is 0. The maximum atomic E-state index is 0. The van der Waals surface area contributed by atoms with Gasteiger partial charge in [0.1, 0.15) is 0 Å². The monoisotopic (exact) mass is 166 g/mol. The third-order valence-electron chi connectivity index (χ3n) is 0. The molecule has 0 aromatic rings. The van der Waals surface area contributed by atoms with Crippen LogP contribution in [-0.2, 0) is 0 Å². The first-order valence-corrected chi connectivity index (χ1v) is 0. The van der Waals surface area contributed by atoms with Gasteiger partial charge in [0.2, 0.25) is 0 Å². The van der Waals surface area contributed by atoms with E-state index in [0.29, 0.717) is 0 Å². The number of hydrogen-bond donors (Lipinski definition) is 0. The molecule has 0 atom stereocenters. The second-order valence-corrected chi connectivity index (χ2v) is 0. The van der Waals surface area contributed by atoms with E-state index in [4.69, 9.17) is 0 Å². The van der Waals surface area contributed by atoms with Crippen LogP contribution in [0.3, 0.4) is 0 Å². The summed E-state index contributed by atoms with van der Waals surface area (Å²) in [6.07, 6.45) is 0. The Morgan fingerprint density at radius 2 is 0.375 bits per heavy atom. The molecule has 0 saturated heterocycles. The van der Waals surface area contributed by atoms with Gasteiger partial charge in [0, 0.05) is 0 Å². The first-order valence-electron chi connectivity index (χ1n) is 0. The first-order chi connectivity index (χ1) is 0. The smallest absolute Gasteiger partial charge is 1.00 e. The average Bonchev–Trinajstić information content (AvgIpc) is 0. The van der Waals surface area contributed by atoms with Crippen molar-refractivity contribution in [3.8, 4) is 0 Å². The molecule has 0 amide bonds. The second kappa shape index (κ2) is 520. The van der Waals surface area contributed by atoms with E-state index >= 15 is 0 Å². The van der Waals surface area contributed by atoms with Crippen LogP contribution in [0.25, 0.3) is 0 Å². The second-order valence-electron chi connectivity index (χ2n) is 0. The van der Waals surface area contributed by atoms with Crippen molar-refractivity contribution < 1.29 is 28.2 Å². The van der Waals surface area contributed by atoms with Crippen LogP contribution in [0.4, 0.5) is 0 Å². The van der Waals surface area contributed by atoms with Crippen molar-refractivity contribution in [3.05, 3.63) is 7.43 Å². The molecule has 0 aromatic heterocycles. The predicted molar refractivity (Wildman–Crippen MR) is 9.00 cm³/mol. The van der Waals surface area contributed by atoms with E-state index in [1.165, 1.54) is 0 Å². The van der Waals surface area contributed by atoms with Crippen molar-refractivity contribution in [1.29, 1.82) is 0 Å². The molecule has 0 nitrogen and oxygen atoms in total. The average molecular weight is 166 g/mol. The van der Waals surface area contributed by atoms with Crippen molar-refractivity contribution >= 4 is 37.7 Å². The minimum atomic E-state index is 0. The minimum absolute atomic E-state index is 0. The van der Waals surface area contributed by atoms with E-state index in [0.717, 1.165) is 0 Å². The Hall–Kier alpha value is 0.840. The van der Waals surface area contributed by atoms with Gasteiger partial charge in [-0.25, -0.2) is 0 Å². The van der Waals surface area contributed by atoms with Gasteiger partial charge in [-0.1, -0.05) is 0 Å². The molecule has 0 N–H and O–H groups in total. The van der Waals surface area contributed by atoms with E-state index in [2.05, 4.69) is 0 Å². The van der Waals surface area contributed by atoms with Crippen LogP contribution >= 0.6 is 0 Å². The summed E-state index contributed by atoms with van der Waals surface area (Å²) in [5, 5.41) is 0. The topological polar surface area (TPSA) is 0 Å². The Kier molecular flexibility index (Phi) is 50100. The third kappa shape index (κ3) is 331. The van der Waals surface area contributed by atoms with Crippen LogP contribution < -0.4 is 28.2 Å². The quantitative estimate of drug-likeness (QED) is 0.247. The third-order valence-corrected chi connectivity index (χ3v) is 0. The maximum Gasteiger partial charge on any atom is 4.00 e. The van der Waals surface area contributed by atoms with Gasteiger partial charge in [-0.2, -0.15) is 0 Å². The molecule has 7 heteroatoms. The van der Waals surface area contributed by atoms with Gasteiger partial charge in [0.15, 0.2) is 0 Å². The molecule has 0 aliphatic carbocycles. The molecule has 0 fully saturated rings. The molecule has 0 spiro atoms. The molecule has 48 valence electrons. The molecule has 0 bridgehead atoms. The first kappa shape index (κ1) is 770. The summed E-state index contributed by atoms with van der Waals surface area (Å²) in [6.45, 7) is 0. The zero-order valence-corrected chi connectivity index (χ0v) is 5.68. The fourth-order valence-electron chi connectivity index (χ4n) is 0. The molecule has 0 aliphatic rings. The largest absolute Gasteiger partial charge is 4.00 e. The van der Waals surface area contributed by atoms with Crippen molar-refractivity contribution in [2.75, 3.05) is 0 Å². The van der Waals surface area contributed by atoms with Crippen molar-refractivity contribution in [2.45, 2.75) is 0 Å². The summed E-state index contributed by atoms with van der Waals surface area (Å²) >= 11 is 0. The fourth-order valence-corrected chi connectivity index (χ4v) is 0. The molecule has 0 rings (SSSR count). The Bertz CT molecular complexity index is 8.49. The summed E-state index contributed by atoms with van der Waals surface area (Å²) < 4.78 is 0. The van der Waals surface area contributed by atoms with Gasteiger partial charge >= 0.3 is 45.2 Å². The predicted octanol–water partition coefficient (Wildman–Crippen LogP) is -18.3. The van der Waals surface area contributed by atoms with Crippen LogP contribution in [0, 0.1) is 7.43 Å². The van der Waals surface area contributed by atoms with Gasteiger partial charge in [-0.05, 0) is 0 Å². The molecular formula is CCaF6. The molecule has 0 heterocycles. The number of rotatable bonds is 0. The van der Waals surface area contributed by atoms with E-state index in [-0.39, 0.29) is 73.4 Å². The van der Waals surface area contributed by atoms with E-state index in [1.807, 2.05) is 0 Å². The standard InChI is InChI=1S/C.Ca.6FH/h;;6*1H/q+4;+2;;;;;;/p-6. The molecule has 0 aliphatic heterocycles. The maximum absolute atomic E-state index is 0. The summed E-state index contributed by atoms with van der Waals surface area (Å²) in [5.41, 5.74) is 0. The number of hydrogen-bond acceptors (Lipinski definition) is 0. The van der Waals surface area contributed by atoms with Crippen molar-refractivity contribution in [1.82, 2.24) is 0 Å². The van der Waals surface area contributed by atoms with E-state index in [1.54, 1.807) is 0 Å². The van der Waals surface area contributed by atoms with Crippen LogP contribution in [0.5, 0.6) is 0 Å². The van der Waals surface area contributed by atoms with Crippen LogP contribution in [0.1, 0.15) is 0 Å². The zero-order valence-electron chi connectivity index (χ0n) is 3.47. The molecule has 0 aromatic carbocycles. The molecule has 0 unspecified atom stereocenters. The van der Waals surface area contributed by atoms with E-state index < -0.39 is 0 Å². The minimum Gasteiger partial charge on any atom is -1.00 e. The van der Waals surface area contributed by atoms with Gasteiger partial charge in [-0.3, -0.25) is 0 Å². The Morgan fingerprint density at radius 1 is 0.375 bits per heavy atom. The van der Waals surface area contributed by atoms with Crippen molar-refractivity contribution in [3.63, 3.8) is 0 Å². The molecule has 0 radical (unpaired) electrons. The van der Waals surface area contributed by atoms with Crippen LogP contribution in [0.15, 0.2) is 0 Å². The Labute approximate surface area is 73.2 Å². The normalized spacial score (nSPS) is 0. The fraction of sp³-hybridized carbons (Fsp3) is 0. The molecule has 0 saturated carbocycles. The zero-order chi connectivity index (χ0) is 0. The van der Waals surface area contributed by atoms with Crippen LogP contribution in [0.2, 0.25) is 0 Å². The van der Waals surface area contributed by atoms with Gasteiger partial charge in [0.05, 0.1) is 0 Å². The summed E-state index contributed by atoms with van der Waals surface area (Å²) in [6, 6.07) is 0. The van der Waals surface area contributed by atoms with Crippen molar-refractivity contribution in [2.24, 2.45) is 0 Å². The number of halogens is 6. The SMILES string of the molecule is [C+4].[Ca+2].[F-].[F-].[F-].[F-].[F-].[F-]. The van der Waals surface area contributed by atoms with Gasteiger partial charge < -0.3 is 28.2 Å². The molecule has 8 heavy (non-hydrogen) atoms. The van der Waals surface area contributed by atoms with E-state index in [9.17, 15) is 0 Å². The van der Waals surface area contributed by atoms with Crippen LogP contribution in [-0.4, -0.2) is 37.7 Å². The van der Waals surface area contributed by atoms with Gasteiger partial charge in [-0.15, -0.1) is 0 Å². The Morgan fingerprint density at radius 3 is 0.375 bits per heavy atom. The molecular weight excluding hydrogens is 166 g/mol. The van der Waals surface area contributed by atoms with Gasteiger partial charge in [0.25, 0.3) is 0 Å². The summed E-state index contributed by atoms with van der Waals surface area (Å²) in [4.78, 5) is 0.